The lowest BCUT2D eigenvalue weighted by Crippen LogP contribution is -2.61. The number of benzene rings is 9. The molecule has 4 nitrogen and oxygen atoms in total. The molecule has 10 aromatic rings. The van der Waals surface area contributed by atoms with Gasteiger partial charge in [-0.15, -0.1) is 0 Å². The van der Waals surface area contributed by atoms with Crippen LogP contribution in [0.3, 0.4) is 0 Å². The predicted octanol–water partition coefficient (Wildman–Crippen LogP) is 15.4. The van der Waals surface area contributed by atoms with Crippen molar-refractivity contribution < 1.29 is 4.42 Å². The number of anilines is 9. The minimum Gasteiger partial charge on any atom is -0.471 e. The van der Waals surface area contributed by atoms with E-state index in [0.29, 0.717) is 0 Å². The van der Waals surface area contributed by atoms with E-state index in [9.17, 15) is 0 Å². The van der Waals surface area contributed by atoms with E-state index < -0.39 is 0 Å². The lowest BCUT2D eigenvalue weighted by Gasteiger charge is -2.45. The highest BCUT2D eigenvalue weighted by Gasteiger charge is 2.44. The summed E-state index contributed by atoms with van der Waals surface area (Å²) in [7, 11) is 0. The zero-order valence-corrected chi connectivity index (χ0v) is 39.0. The number of hydrogen-bond acceptors (Lipinski definition) is 4. The van der Waals surface area contributed by atoms with E-state index in [2.05, 4.69) is 250 Å². The molecule has 3 heterocycles. The van der Waals surface area contributed by atoms with E-state index in [1.807, 2.05) is 12.5 Å². The van der Waals surface area contributed by atoms with Gasteiger partial charge in [-0.05, 0) is 139 Å². The second kappa shape index (κ2) is 15.4. The SMILES string of the molecule is CC(C)(C)c1ccc(N(c2cccc(-c3cccc4ccccc34)c2)c2ccc3c(c2)N(c2ccccc2)c2cc(C(C)(C)C)cc4c2B3c2cc3cocc3cc2N4c2ccccc2)cc1. The van der Waals surface area contributed by atoms with Gasteiger partial charge in [0, 0.05) is 62.0 Å². The minimum atomic E-state index is -0.131. The van der Waals surface area contributed by atoms with E-state index in [4.69, 9.17) is 4.42 Å². The van der Waals surface area contributed by atoms with Crippen LogP contribution in [-0.2, 0) is 10.8 Å². The Labute approximate surface area is 394 Å². The average molecular weight is 866 g/mol. The fourth-order valence-corrected chi connectivity index (χ4v) is 10.6. The molecule has 0 aliphatic carbocycles. The van der Waals surface area contributed by atoms with Gasteiger partial charge < -0.3 is 19.1 Å². The first kappa shape index (κ1) is 40.7. The molecule has 12 rings (SSSR count). The maximum absolute atomic E-state index is 5.89. The number of para-hydroxylation sites is 2. The van der Waals surface area contributed by atoms with Gasteiger partial charge in [0.2, 0.25) is 0 Å². The van der Waals surface area contributed by atoms with Crippen LogP contribution in [0.15, 0.2) is 211 Å². The van der Waals surface area contributed by atoms with Crippen LogP contribution in [0, 0.1) is 0 Å². The number of fused-ring (bicyclic) bond motifs is 6. The molecule has 2 aliphatic rings. The van der Waals surface area contributed by atoms with E-state index >= 15 is 0 Å². The van der Waals surface area contributed by atoms with Gasteiger partial charge >= 0.3 is 0 Å². The molecule has 0 spiro atoms. The average Bonchev–Trinajstić information content (AvgIpc) is 3.81. The maximum Gasteiger partial charge on any atom is 0.252 e. The van der Waals surface area contributed by atoms with Gasteiger partial charge in [0.25, 0.3) is 6.71 Å². The number of nitrogens with zero attached hydrogens (tertiary/aromatic N) is 3. The van der Waals surface area contributed by atoms with E-state index in [-0.39, 0.29) is 17.5 Å². The van der Waals surface area contributed by atoms with Crippen molar-refractivity contribution in [1.29, 1.82) is 0 Å². The zero-order valence-electron chi connectivity index (χ0n) is 39.0. The van der Waals surface area contributed by atoms with Gasteiger partial charge in [0.15, 0.2) is 0 Å². The molecular formula is C62H52BN3O. The molecule has 324 valence electrons. The van der Waals surface area contributed by atoms with Crippen molar-refractivity contribution in [3.8, 4) is 11.1 Å². The van der Waals surface area contributed by atoms with Crippen molar-refractivity contribution in [3.63, 3.8) is 0 Å². The van der Waals surface area contributed by atoms with Gasteiger partial charge in [0.1, 0.15) is 0 Å². The second-order valence-electron chi connectivity index (χ2n) is 20.3. The third kappa shape index (κ3) is 6.83. The van der Waals surface area contributed by atoms with E-state index in [0.717, 1.165) is 44.9 Å². The lowest BCUT2D eigenvalue weighted by molar-refractivity contribution is 0.572. The molecule has 0 amide bonds. The largest absolute Gasteiger partial charge is 0.471 e. The summed E-state index contributed by atoms with van der Waals surface area (Å²) in [6.45, 7) is 13.8. The molecule has 1 aromatic heterocycles. The highest BCUT2D eigenvalue weighted by molar-refractivity contribution is 7.00. The van der Waals surface area contributed by atoms with Crippen LogP contribution in [-0.4, -0.2) is 6.71 Å². The molecule has 2 aliphatic heterocycles. The van der Waals surface area contributed by atoms with Crippen LogP contribution >= 0.6 is 0 Å². The molecule has 0 fully saturated rings. The van der Waals surface area contributed by atoms with Crippen molar-refractivity contribution in [1.82, 2.24) is 0 Å². The highest BCUT2D eigenvalue weighted by Crippen LogP contribution is 2.48. The molecule has 0 radical (unpaired) electrons. The third-order valence-electron chi connectivity index (χ3n) is 14.0. The van der Waals surface area contributed by atoms with Crippen LogP contribution < -0.4 is 31.1 Å². The summed E-state index contributed by atoms with van der Waals surface area (Å²) in [5.74, 6) is 0. The monoisotopic (exact) mass is 865 g/mol. The minimum absolute atomic E-state index is 0.0201. The summed E-state index contributed by atoms with van der Waals surface area (Å²) < 4.78 is 5.89. The fraction of sp³-hybridized carbons (Fsp3) is 0.129. The molecule has 0 bridgehead atoms. The van der Waals surface area contributed by atoms with E-state index in [1.165, 1.54) is 66.5 Å². The maximum atomic E-state index is 5.89. The Morgan fingerprint density at radius 3 is 1.66 bits per heavy atom. The first-order valence-corrected chi connectivity index (χ1v) is 23.5. The van der Waals surface area contributed by atoms with Gasteiger partial charge in [0.05, 0.1) is 12.5 Å². The summed E-state index contributed by atoms with van der Waals surface area (Å²) in [6, 6.07) is 72.2. The van der Waals surface area contributed by atoms with Gasteiger partial charge in [-0.3, -0.25) is 0 Å². The summed E-state index contributed by atoms with van der Waals surface area (Å²) in [6.07, 6.45) is 3.77. The molecule has 0 N–H and O–H groups in total. The third-order valence-corrected chi connectivity index (χ3v) is 14.0. The second-order valence-corrected chi connectivity index (χ2v) is 20.3. The molecule has 0 saturated carbocycles. The Morgan fingerprint density at radius 2 is 0.985 bits per heavy atom. The predicted molar refractivity (Wildman–Crippen MR) is 285 cm³/mol. The van der Waals surface area contributed by atoms with Gasteiger partial charge in [-0.1, -0.05) is 157 Å². The van der Waals surface area contributed by atoms with Crippen molar-refractivity contribution >= 4 is 95.8 Å². The van der Waals surface area contributed by atoms with Crippen LogP contribution in [0.2, 0.25) is 0 Å². The Balaban J connectivity index is 1.13. The first-order chi connectivity index (χ1) is 32.5. The van der Waals surface area contributed by atoms with Crippen LogP contribution in [0.4, 0.5) is 51.2 Å². The topological polar surface area (TPSA) is 22.9 Å². The van der Waals surface area contributed by atoms with Crippen molar-refractivity contribution in [2.24, 2.45) is 0 Å². The molecule has 9 aromatic carbocycles. The van der Waals surface area contributed by atoms with E-state index in [1.54, 1.807) is 0 Å². The van der Waals surface area contributed by atoms with Gasteiger partial charge in [-0.25, -0.2) is 0 Å². The number of hydrogen-bond donors (Lipinski definition) is 0. The Bertz CT molecular complexity index is 3500. The number of rotatable bonds is 6. The zero-order chi connectivity index (χ0) is 45.6. The Morgan fingerprint density at radius 1 is 0.418 bits per heavy atom. The standard InChI is InChI=1S/C62H52BN3O/c1-61(2,3)45-27-29-49(30-28-45)64(50-24-15-19-42(33-50)53-26-16-18-41-17-13-14-25-52(41)53)51-31-32-54-57(38-51)66(48-22-11-8-12-23-48)59-37-46(62(4,5)6)36-58-60(59)63(54)55-34-43-39-67-40-44(43)35-56(55)65(58)47-20-9-7-10-21-47/h7-40H,1-6H3. The first-order valence-electron chi connectivity index (χ1n) is 23.5. The fourth-order valence-electron chi connectivity index (χ4n) is 10.6. The smallest absolute Gasteiger partial charge is 0.252 e. The van der Waals surface area contributed by atoms with Gasteiger partial charge in [-0.2, -0.15) is 0 Å². The van der Waals surface area contributed by atoms with Crippen molar-refractivity contribution in [3.05, 3.63) is 218 Å². The molecule has 5 heteroatoms. The quantitative estimate of drug-likeness (QED) is 0.155. The summed E-state index contributed by atoms with van der Waals surface area (Å²) in [5, 5.41) is 4.67. The summed E-state index contributed by atoms with van der Waals surface area (Å²) >= 11 is 0. The van der Waals surface area contributed by atoms with Crippen LogP contribution in [0.5, 0.6) is 0 Å². The van der Waals surface area contributed by atoms with Crippen molar-refractivity contribution in [2.45, 2.75) is 52.4 Å². The molecule has 0 atom stereocenters. The molecule has 0 unspecified atom stereocenters. The lowest BCUT2D eigenvalue weighted by atomic mass is 9.33. The Kier molecular flexibility index (Phi) is 9.38. The Hall–Kier alpha value is -7.76. The molecule has 0 saturated heterocycles. The normalized spacial score (nSPS) is 13.1. The highest BCUT2D eigenvalue weighted by atomic mass is 16.3. The summed E-state index contributed by atoms with van der Waals surface area (Å²) in [4.78, 5) is 7.46. The van der Waals surface area contributed by atoms with Crippen molar-refractivity contribution in [2.75, 3.05) is 14.7 Å². The van der Waals surface area contributed by atoms with Crippen LogP contribution in [0.25, 0.3) is 32.7 Å². The van der Waals surface area contributed by atoms with Crippen LogP contribution in [0.1, 0.15) is 52.7 Å². The summed E-state index contributed by atoms with van der Waals surface area (Å²) in [5.41, 5.74) is 18.9. The number of furan rings is 1. The molecular weight excluding hydrogens is 814 g/mol. The molecule has 67 heavy (non-hydrogen) atoms.